The van der Waals surface area contributed by atoms with Crippen molar-refractivity contribution in [1.29, 1.82) is 0 Å². The Bertz CT molecular complexity index is 1270. The molecule has 16 nitrogen and oxygen atoms in total. The molecule has 0 aliphatic heterocycles. The fraction of sp³-hybridized carbons (Fsp3) is 0.960. The molecule has 0 heterocycles. The van der Waals surface area contributed by atoms with Gasteiger partial charge in [0, 0.05) is 12.8 Å². The van der Waals surface area contributed by atoms with Gasteiger partial charge in [0.2, 0.25) is 0 Å². The van der Waals surface area contributed by atoms with Gasteiger partial charge in [-0.05, 0) is 12.8 Å². The number of likely N-dealkylation sites (N-methyl/N-ethyl adjacent to an activating group) is 2. The van der Waals surface area contributed by atoms with Gasteiger partial charge in [-0.1, -0.05) is 181 Å². The molecule has 0 aliphatic rings. The summed E-state index contributed by atoms with van der Waals surface area (Å²) in [4.78, 5) is 43.1. The van der Waals surface area contributed by atoms with Crippen LogP contribution in [0.5, 0.6) is 0 Å². The molecule has 0 saturated carbocycles. The van der Waals surface area contributed by atoms with E-state index in [4.69, 9.17) is 27.6 Å². The molecule has 0 saturated heterocycles. The smallest absolute Gasteiger partial charge is 0.463 e. The second-order valence-corrected chi connectivity index (χ2v) is 23.5. The number of phosphoric acid groups is 2. The topological polar surface area (TPSA) is 205 Å². The first-order valence-corrected chi connectivity index (χ1v) is 29.6. The predicted octanol–water partition coefficient (Wildman–Crippen LogP) is 11.2. The van der Waals surface area contributed by atoms with E-state index >= 15 is 0 Å². The fourth-order valence-corrected chi connectivity index (χ4v) is 8.39. The Labute approximate surface area is 415 Å². The van der Waals surface area contributed by atoms with Crippen molar-refractivity contribution >= 4 is 27.6 Å². The van der Waals surface area contributed by atoms with Crippen molar-refractivity contribution in [3.8, 4) is 0 Å². The van der Waals surface area contributed by atoms with Gasteiger partial charge in [0.1, 0.15) is 45.1 Å². The van der Waals surface area contributed by atoms with Crippen LogP contribution in [0, 0.1) is 0 Å². The second kappa shape index (κ2) is 44.7. The highest BCUT2D eigenvalue weighted by Gasteiger charge is 2.26. The van der Waals surface area contributed by atoms with Crippen LogP contribution < -0.4 is 0 Å². The van der Waals surface area contributed by atoms with E-state index in [1.807, 2.05) is 42.3 Å². The minimum absolute atomic E-state index is 0.0555. The maximum Gasteiger partial charge on any atom is 0.472 e. The number of phosphoric ester groups is 2. The monoisotopic (exact) mass is 1020 g/mol. The summed E-state index contributed by atoms with van der Waals surface area (Å²) in [6, 6.07) is 0. The third kappa shape index (κ3) is 54.3. The molecule has 4 unspecified atom stereocenters. The molecule has 0 spiro atoms. The number of ether oxygens (including phenoxy) is 2. The number of hydrogen-bond donors (Lipinski definition) is 4. The molecule has 0 aliphatic carbocycles. The summed E-state index contributed by atoms with van der Waals surface area (Å²) in [6.45, 7) is 4.10. The van der Waals surface area contributed by atoms with E-state index in [-0.39, 0.29) is 38.8 Å². The highest BCUT2D eigenvalue weighted by atomic mass is 31.2. The van der Waals surface area contributed by atoms with Gasteiger partial charge in [-0.15, -0.1) is 0 Å². The lowest BCUT2D eigenvalue weighted by Crippen LogP contribution is -2.37. The van der Waals surface area contributed by atoms with E-state index in [9.17, 15) is 38.7 Å². The van der Waals surface area contributed by atoms with Crippen LogP contribution in [0.1, 0.15) is 206 Å². The van der Waals surface area contributed by atoms with Gasteiger partial charge in [-0.2, -0.15) is 0 Å². The Balaban J connectivity index is 0. The third-order valence-electron chi connectivity index (χ3n) is 11.3. The van der Waals surface area contributed by atoms with Gasteiger partial charge in [-0.3, -0.25) is 27.7 Å². The van der Waals surface area contributed by atoms with E-state index in [0.29, 0.717) is 28.5 Å². The van der Waals surface area contributed by atoms with Gasteiger partial charge in [-0.25, -0.2) is 9.13 Å². The quantitative estimate of drug-likeness (QED) is 0.0194. The Morgan fingerprint density at radius 3 is 1.09 bits per heavy atom. The first-order chi connectivity index (χ1) is 32.1. The van der Waals surface area contributed by atoms with Crippen molar-refractivity contribution in [2.24, 2.45) is 0 Å². The van der Waals surface area contributed by atoms with Crippen molar-refractivity contribution in [1.82, 2.24) is 0 Å². The third-order valence-corrected chi connectivity index (χ3v) is 13.3. The van der Waals surface area contributed by atoms with Crippen molar-refractivity contribution < 1.29 is 75.3 Å². The summed E-state index contributed by atoms with van der Waals surface area (Å²) in [5.41, 5.74) is 0. The van der Waals surface area contributed by atoms with Crippen molar-refractivity contribution in [3.05, 3.63) is 0 Å². The summed E-state index contributed by atoms with van der Waals surface area (Å²) in [5.74, 6) is -0.801. The Morgan fingerprint density at radius 2 is 0.765 bits per heavy atom. The molecule has 0 amide bonds. The number of esters is 2. The highest BCUT2D eigenvalue weighted by molar-refractivity contribution is 7.47. The number of carbonyl (C=O) groups excluding carboxylic acids is 2. The number of aliphatic hydroxyl groups is 2. The van der Waals surface area contributed by atoms with Crippen LogP contribution in [0.25, 0.3) is 0 Å². The van der Waals surface area contributed by atoms with Crippen LogP contribution in [0.15, 0.2) is 0 Å². The number of aliphatic hydroxyl groups excluding tert-OH is 2. The van der Waals surface area contributed by atoms with Crippen LogP contribution in [0.2, 0.25) is 0 Å². The van der Waals surface area contributed by atoms with E-state index < -0.39 is 47.0 Å². The molecule has 0 aromatic carbocycles. The Hall–Kier alpha value is -1.00. The fourth-order valence-electron chi connectivity index (χ4n) is 6.90. The predicted molar refractivity (Wildman–Crippen MR) is 273 cm³/mol. The molecule has 0 radical (unpaired) electrons. The van der Waals surface area contributed by atoms with E-state index in [1.54, 1.807) is 0 Å². The SMILES string of the molecule is CCCCCCCCCCCCCCCC(=O)OC(CO)COP(=O)(O)OCC[N+](C)(C)C.CCCCCCCCCCCCCCCCCC(=O)OCC(O)COP(=O)(O)OCC[N+](C)(C)C. The number of carbonyl (C=O) groups is 2. The summed E-state index contributed by atoms with van der Waals surface area (Å²) in [5, 5.41) is 19.2. The average molecular weight is 1020 g/mol. The normalized spacial score (nSPS) is 14.6. The van der Waals surface area contributed by atoms with Crippen LogP contribution in [0.3, 0.4) is 0 Å². The van der Waals surface area contributed by atoms with E-state index in [2.05, 4.69) is 13.8 Å². The number of nitrogens with zero attached hydrogens (tertiary/aromatic N) is 2. The standard InChI is InChI=1S/C26H54NO7P.C24H50NO7P/c1-5-6-7-8-9-10-11-12-13-14-15-16-17-18-19-20-26(29)32-23-25(28)24-34-35(30,31)33-22-21-27(2,3)4;1-5-6-7-8-9-10-11-12-13-14-15-16-17-18-24(27)32-23(21-26)22-31-33(28,29)30-20-19-25(2,3)4/h25,28H,5-24H2,1-4H3;23,26H,5-22H2,1-4H3/p+2. The Morgan fingerprint density at radius 1 is 0.456 bits per heavy atom. The minimum atomic E-state index is -4.25. The highest BCUT2D eigenvalue weighted by Crippen LogP contribution is 2.44. The molecule has 68 heavy (non-hydrogen) atoms. The first-order valence-electron chi connectivity index (χ1n) is 26.6. The molecule has 0 fully saturated rings. The average Bonchev–Trinajstić information content (AvgIpc) is 3.25. The Kier molecular flexibility index (Phi) is 45.4. The summed E-state index contributed by atoms with van der Waals surface area (Å²) < 4.78 is 54.5. The zero-order chi connectivity index (χ0) is 51.4. The van der Waals surface area contributed by atoms with Gasteiger partial charge >= 0.3 is 27.6 Å². The lowest BCUT2D eigenvalue weighted by atomic mass is 10.0. The van der Waals surface area contributed by atoms with E-state index in [0.717, 1.165) is 38.5 Å². The maximum atomic E-state index is 12.0. The first kappa shape index (κ1) is 69.1. The van der Waals surface area contributed by atoms with Crippen molar-refractivity contribution in [3.63, 3.8) is 0 Å². The summed E-state index contributed by atoms with van der Waals surface area (Å²) >= 11 is 0. The van der Waals surface area contributed by atoms with Crippen LogP contribution in [0.4, 0.5) is 0 Å². The van der Waals surface area contributed by atoms with Crippen LogP contribution in [-0.4, -0.2) is 148 Å². The number of rotatable bonds is 48. The molecule has 18 heteroatoms. The molecule has 0 bridgehead atoms. The lowest BCUT2D eigenvalue weighted by Gasteiger charge is -2.24. The maximum absolute atomic E-state index is 12.0. The summed E-state index contributed by atoms with van der Waals surface area (Å²) in [7, 11) is 3.12. The molecule has 4 atom stereocenters. The van der Waals surface area contributed by atoms with Crippen LogP contribution >= 0.6 is 15.6 Å². The molecule has 408 valence electrons. The number of quaternary nitrogens is 2. The molecular weight excluding hydrogens is 914 g/mol. The van der Waals surface area contributed by atoms with Crippen molar-refractivity contribution in [2.45, 2.75) is 219 Å². The molecule has 4 N–H and O–H groups in total. The number of unbranched alkanes of at least 4 members (excludes halogenated alkanes) is 26. The zero-order valence-electron chi connectivity index (χ0n) is 44.7. The van der Waals surface area contributed by atoms with Crippen LogP contribution in [-0.2, 0) is 46.3 Å². The van der Waals surface area contributed by atoms with Gasteiger partial charge < -0.3 is 38.4 Å². The second-order valence-electron chi connectivity index (χ2n) is 20.5. The van der Waals surface area contributed by atoms with Gasteiger partial charge in [0.25, 0.3) is 0 Å². The zero-order valence-corrected chi connectivity index (χ0v) is 46.5. The van der Waals surface area contributed by atoms with Crippen molar-refractivity contribution in [2.75, 3.05) is 95.0 Å². The summed E-state index contributed by atoms with van der Waals surface area (Å²) in [6.07, 6.45) is 33.4. The molecular formula is C50H106N2O14P2+2. The lowest BCUT2D eigenvalue weighted by molar-refractivity contribution is -0.870. The largest absolute Gasteiger partial charge is 0.472 e. The van der Waals surface area contributed by atoms with Gasteiger partial charge in [0.15, 0.2) is 0 Å². The van der Waals surface area contributed by atoms with E-state index in [1.165, 1.54) is 141 Å². The number of hydrogen-bond acceptors (Lipinski definition) is 12. The molecule has 0 rings (SSSR count). The van der Waals surface area contributed by atoms with Gasteiger partial charge in [0.05, 0.1) is 62.1 Å². The molecule has 0 aromatic rings. The molecule has 0 aromatic heterocycles. The minimum Gasteiger partial charge on any atom is -0.463 e.